The van der Waals surface area contributed by atoms with E-state index >= 15 is 0 Å². The topological polar surface area (TPSA) is 61.8 Å². The molecule has 0 saturated heterocycles. The summed E-state index contributed by atoms with van der Waals surface area (Å²) in [4.78, 5) is 25.2. The van der Waals surface area contributed by atoms with Gasteiger partial charge in [0, 0.05) is 19.4 Å². The molecule has 0 bridgehead atoms. The van der Waals surface area contributed by atoms with E-state index in [1.165, 1.54) is 135 Å². The van der Waals surface area contributed by atoms with Crippen molar-refractivity contribution >= 4 is 11.9 Å². The van der Waals surface area contributed by atoms with Gasteiger partial charge in [0.1, 0.15) is 19.3 Å². The summed E-state index contributed by atoms with van der Waals surface area (Å²) in [5.74, 6) is -0.457. The Morgan fingerprint density at radius 2 is 0.621 bits per heavy atom. The summed E-state index contributed by atoms with van der Waals surface area (Å²) in [6.07, 6.45) is 76.0. The van der Waals surface area contributed by atoms with Gasteiger partial charge in [-0.1, -0.05) is 246 Å². The van der Waals surface area contributed by atoms with Gasteiger partial charge in [-0.25, -0.2) is 0 Å². The molecular formula is C61H104O5. The molecule has 0 rings (SSSR count). The molecule has 378 valence electrons. The van der Waals surface area contributed by atoms with Crippen molar-refractivity contribution in [3.05, 3.63) is 97.2 Å². The van der Waals surface area contributed by atoms with Gasteiger partial charge in [-0.05, 0) is 89.9 Å². The molecule has 0 aliphatic heterocycles. The van der Waals surface area contributed by atoms with Gasteiger partial charge in [0.05, 0.1) is 0 Å². The van der Waals surface area contributed by atoms with Crippen LogP contribution in [-0.2, 0) is 23.8 Å². The Kier molecular flexibility index (Phi) is 53.4. The van der Waals surface area contributed by atoms with E-state index in [9.17, 15) is 9.59 Å². The number of rotatable bonds is 50. The fourth-order valence-electron chi connectivity index (χ4n) is 7.48. The quantitative estimate of drug-likeness (QED) is 0.0346. The van der Waals surface area contributed by atoms with Crippen LogP contribution in [0.4, 0.5) is 0 Å². The zero-order valence-corrected chi connectivity index (χ0v) is 43.4. The highest BCUT2D eigenvalue weighted by molar-refractivity contribution is 5.69. The second-order valence-electron chi connectivity index (χ2n) is 18.1. The second-order valence-corrected chi connectivity index (χ2v) is 18.1. The van der Waals surface area contributed by atoms with Crippen molar-refractivity contribution in [1.82, 2.24) is 0 Å². The maximum absolute atomic E-state index is 12.6. The predicted octanol–water partition coefficient (Wildman–Crippen LogP) is 19.0. The van der Waals surface area contributed by atoms with Gasteiger partial charge in [0.2, 0.25) is 0 Å². The average Bonchev–Trinajstić information content (AvgIpc) is 3.32. The highest BCUT2D eigenvalue weighted by Crippen LogP contribution is 2.15. The van der Waals surface area contributed by atoms with Gasteiger partial charge < -0.3 is 14.2 Å². The Hall–Kier alpha value is -3.18. The van der Waals surface area contributed by atoms with Crippen molar-refractivity contribution in [3.8, 4) is 0 Å². The Morgan fingerprint density at radius 3 is 0.970 bits per heavy atom. The molecule has 0 aromatic rings. The van der Waals surface area contributed by atoms with Crippen LogP contribution in [0.1, 0.15) is 252 Å². The molecule has 0 aliphatic rings. The molecule has 0 aliphatic carbocycles. The summed E-state index contributed by atoms with van der Waals surface area (Å²) in [5.41, 5.74) is 0. The molecule has 5 heteroatoms. The van der Waals surface area contributed by atoms with Crippen LogP contribution < -0.4 is 0 Å². The van der Waals surface area contributed by atoms with Gasteiger partial charge in [0.15, 0.2) is 0 Å². The number of ether oxygens (including phenoxy) is 3. The minimum absolute atomic E-state index is 0.109. The number of allylic oxidation sites excluding steroid dienone is 16. The van der Waals surface area contributed by atoms with E-state index in [0.717, 1.165) is 83.5 Å². The van der Waals surface area contributed by atoms with Crippen molar-refractivity contribution in [2.75, 3.05) is 19.8 Å². The van der Waals surface area contributed by atoms with E-state index in [0.29, 0.717) is 19.4 Å². The van der Waals surface area contributed by atoms with E-state index in [-0.39, 0.29) is 25.2 Å². The highest BCUT2D eigenvalue weighted by atomic mass is 16.6. The van der Waals surface area contributed by atoms with Crippen molar-refractivity contribution in [3.63, 3.8) is 0 Å². The van der Waals surface area contributed by atoms with Gasteiger partial charge in [-0.2, -0.15) is 0 Å². The predicted molar refractivity (Wildman–Crippen MR) is 288 cm³/mol. The molecule has 66 heavy (non-hydrogen) atoms. The summed E-state index contributed by atoms with van der Waals surface area (Å²) in [6.45, 7) is 7.50. The van der Waals surface area contributed by atoms with Gasteiger partial charge in [-0.15, -0.1) is 0 Å². The van der Waals surface area contributed by atoms with Gasteiger partial charge >= 0.3 is 11.9 Å². The third-order valence-electron chi connectivity index (χ3n) is 11.6. The Balaban J connectivity index is 4.43. The maximum atomic E-state index is 12.6. The molecule has 0 radical (unpaired) electrons. The fraction of sp³-hybridized carbons (Fsp3) is 0.705. The van der Waals surface area contributed by atoms with Gasteiger partial charge in [-0.3, -0.25) is 9.59 Å². The van der Waals surface area contributed by atoms with Gasteiger partial charge in [0.25, 0.3) is 0 Å². The van der Waals surface area contributed by atoms with Crippen molar-refractivity contribution in [2.24, 2.45) is 0 Å². The summed E-state index contributed by atoms with van der Waals surface area (Å²) in [6, 6.07) is 0. The SMILES string of the molecule is CC/C=C\C/C=C\C/C=C\C/C=C\C/C=C\CCCC(=O)OC[C@H](COC(=O)CCC/C=C\C/C=C\C/C=C\CCCCCCCC)OCCCCCCCCCCCCCCCCCC. The van der Waals surface area contributed by atoms with E-state index in [2.05, 4.69) is 118 Å². The summed E-state index contributed by atoms with van der Waals surface area (Å²) in [5, 5.41) is 0. The van der Waals surface area contributed by atoms with E-state index < -0.39 is 6.10 Å². The van der Waals surface area contributed by atoms with Crippen LogP contribution in [0.25, 0.3) is 0 Å². The van der Waals surface area contributed by atoms with E-state index in [4.69, 9.17) is 14.2 Å². The van der Waals surface area contributed by atoms with Crippen LogP contribution in [0, 0.1) is 0 Å². The largest absolute Gasteiger partial charge is 0.463 e. The molecule has 5 nitrogen and oxygen atoms in total. The molecule has 0 aromatic carbocycles. The lowest BCUT2D eigenvalue weighted by Crippen LogP contribution is -2.29. The lowest BCUT2D eigenvalue weighted by molar-refractivity contribution is -0.155. The van der Waals surface area contributed by atoms with Crippen LogP contribution in [0.2, 0.25) is 0 Å². The zero-order chi connectivity index (χ0) is 47.7. The van der Waals surface area contributed by atoms with Crippen LogP contribution in [0.3, 0.4) is 0 Å². The van der Waals surface area contributed by atoms with Crippen molar-refractivity contribution < 1.29 is 23.8 Å². The smallest absolute Gasteiger partial charge is 0.305 e. The highest BCUT2D eigenvalue weighted by Gasteiger charge is 2.16. The Labute approximate surface area is 409 Å². The zero-order valence-electron chi connectivity index (χ0n) is 43.4. The van der Waals surface area contributed by atoms with Crippen LogP contribution in [0.5, 0.6) is 0 Å². The molecule has 0 N–H and O–H groups in total. The van der Waals surface area contributed by atoms with Crippen molar-refractivity contribution in [1.29, 1.82) is 0 Å². The molecule has 0 spiro atoms. The Morgan fingerprint density at radius 1 is 0.333 bits per heavy atom. The molecule has 0 unspecified atom stereocenters. The number of carbonyl (C=O) groups is 2. The first-order valence-electron chi connectivity index (χ1n) is 27.8. The summed E-state index contributed by atoms with van der Waals surface area (Å²) < 4.78 is 17.4. The van der Waals surface area contributed by atoms with Crippen LogP contribution >= 0.6 is 0 Å². The molecule has 0 heterocycles. The molecule has 0 saturated carbocycles. The molecular weight excluding hydrogens is 813 g/mol. The first-order valence-corrected chi connectivity index (χ1v) is 27.8. The number of hydrogen-bond donors (Lipinski definition) is 0. The normalized spacial score (nSPS) is 13.0. The number of esters is 2. The maximum Gasteiger partial charge on any atom is 0.305 e. The third kappa shape index (κ3) is 53.4. The summed E-state index contributed by atoms with van der Waals surface area (Å²) >= 11 is 0. The fourth-order valence-corrected chi connectivity index (χ4v) is 7.48. The number of unbranched alkanes of at least 4 members (excludes halogenated alkanes) is 23. The van der Waals surface area contributed by atoms with Crippen LogP contribution in [0.15, 0.2) is 97.2 Å². The standard InChI is InChI=1S/C61H104O5/c1-4-7-10-13-16-19-22-25-28-31-33-36-39-42-45-48-51-54-60(62)65-57-59(64-56-53-50-47-44-41-38-35-30-27-24-21-18-15-12-9-6-3)58-66-61(63)55-52-49-46-43-40-37-34-32-29-26-23-20-17-14-11-8-5-2/h7,10,16,19,25-26,28-29,33-34,36-37,42-43,45-46,59H,4-6,8-9,11-15,17-18,20-24,27,30-32,35,38-41,44,47-58H2,1-3H3/b10-7-,19-16-,28-25-,29-26-,36-33-,37-34-,45-42-,46-43-/t59-/m1/s1. The Bertz CT molecular complexity index is 1270. The monoisotopic (exact) mass is 917 g/mol. The number of carbonyl (C=O) groups excluding carboxylic acids is 2. The van der Waals surface area contributed by atoms with Crippen LogP contribution in [-0.4, -0.2) is 37.9 Å². The first-order chi connectivity index (χ1) is 32.6. The first kappa shape index (κ1) is 62.8. The molecule has 0 fully saturated rings. The minimum Gasteiger partial charge on any atom is -0.463 e. The molecule has 0 amide bonds. The lowest BCUT2D eigenvalue weighted by Gasteiger charge is -2.18. The second kappa shape index (κ2) is 56.1. The minimum atomic E-state index is -0.447. The summed E-state index contributed by atoms with van der Waals surface area (Å²) in [7, 11) is 0. The van der Waals surface area contributed by atoms with E-state index in [1.54, 1.807) is 0 Å². The molecule has 1 atom stereocenters. The third-order valence-corrected chi connectivity index (χ3v) is 11.6. The average molecular weight is 917 g/mol. The molecule has 0 aromatic heterocycles. The lowest BCUT2D eigenvalue weighted by atomic mass is 10.0. The van der Waals surface area contributed by atoms with E-state index in [1.807, 2.05) is 0 Å². The number of hydrogen-bond acceptors (Lipinski definition) is 5. The van der Waals surface area contributed by atoms with Crippen molar-refractivity contribution in [2.45, 2.75) is 258 Å².